The average Bonchev–Trinajstić information content (AvgIpc) is 2.73. The molecule has 29 heavy (non-hydrogen) atoms. The van der Waals surface area contributed by atoms with Crippen LogP contribution in [-0.4, -0.2) is 31.4 Å². The SMILES string of the molecule is CCc1cccc(CC)c1N(CCC(=O)Nc1ccccc1C(=O)OC)C(C)=O. The molecule has 0 unspecified atom stereocenters. The molecule has 2 aromatic rings. The second-order valence-electron chi connectivity index (χ2n) is 6.64. The number of carbonyl (C=O) groups excluding carboxylic acids is 3. The molecule has 0 saturated carbocycles. The van der Waals surface area contributed by atoms with Crippen molar-refractivity contribution >= 4 is 29.2 Å². The molecule has 0 atom stereocenters. The summed E-state index contributed by atoms with van der Waals surface area (Å²) in [5.41, 5.74) is 3.73. The smallest absolute Gasteiger partial charge is 0.339 e. The van der Waals surface area contributed by atoms with Crippen LogP contribution in [0.5, 0.6) is 0 Å². The van der Waals surface area contributed by atoms with E-state index in [-0.39, 0.29) is 30.3 Å². The molecule has 0 spiro atoms. The topological polar surface area (TPSA) is 75.7 Å². The van der Waals surface area contributed by atoms with Crippen LogP contribution in [0.15, 0.2) is 42.5 Å². The predicted octanol–water partition coefficient (Wildman–Crippen LogP) is 3.98. The van der Waals surface area contributed by atoms with E-state index in [9.17, 15) is 14.4 Å². The number of nitrogens with one attached hydrogen (secondary N) is 1. The molecule has 6 nitrogen and oxygen atoms in total. The number of esters is 1. The number of nitrogens with zero attached hydrogens (tertiary/aromatic N) is 1. The number of rotatable bonds is 8. The van der Waals surface area contributed by atoms with Crippen LogP contribution >= 0.6 is 0 Å². The Balaban J connectivity index is 2.18. The molecule has 0 aliphatic rings. The zero-order chi connectivity index (χ0) is 21.4. The normalized spacial score (nSPS) is 10.3. The zero-order valence-corrected chi connectivity index (χ0v) is 17.5. The van der Waals surface area contributed by atoms with Crippen LogP contribution in [-0.2, 0) is 27.2 Å². The van der Waals surface area contributed by atoms with Gasteiger partial charge in [0.2, 0.25) is 11.8 Å². The van der Waals surface area contributed by atoms with E-state index in [0.717, 1.165) is 29.7 Å². The third-order valence-electron chi connectivity index (χ3n) is 4.78. The lowest BCUT2D eigenvalue weighted by atomic mass is 10.0. The fourth-order valence-electron chi connectivity index (χ4n) is 3.29. The van der Waals surface area contributed by atoms with Gasteiger partial charge in [-0.25, -0.2) is 4.79 Å². The Morgan fingerprint density at radius 3 is 2.14 bits per heavy atom. The first-order chi connectivity index (χ1) is 13.9. The van der Waals surface area contributed by atoms with Gasteiger partial charge in [0.25, 0.3) is 0 Å². The first-order valence-electron chi connectivity index (χ1n) is 9.78. The Kier molecular flexibility index (Phi) is 7.95. The first-order valence-corrected chi connectivity index (χ1v) is 9.78. The van der Waals surface area contributed by atoms with Gasteiger partial charge in [-0.3, -0.25) is 9.59 Å². The summed E-state index contributed by atoms with van der Waals surface area (Å²) in [7, 11) is 1.29. The summed E-state index contributed by atoms with van der Waals surface area (Å²) in [5, 5.41) is 2.75. The van der Waals surface area contributed by atoms with E-state index >= 15 is 0 Å². The number of amides is 2. The molecule has 0 aliphatic heterocycles. The van der Waals surface area contributed by atoms with Crippen molar-refractivity contribution in [3.63, 3.8) is 0 Å². The standard InChI is InChI=1S/C23H28N2O4/c1-5-17-10-9-11-18(6-2)22(17)25(16(3)26)15-14-21(27)24-20-13-8-7-12-19(20)23(28)29-4/h7-13H,5-6,14-15H2,1-4H3,(H,24,27). The van der Waals surface area contributed by atoms with Crippen LogP contribution in [0.1, 0.15) is 48.7 Å². The molecule has 2 aromatic carbocycles. The highest BCUT2D eigenvalue weighted by atomic mass is 16.5. The molecule has 0 bridgehead atoms. The number of anilines is 2. The third kappa shape index (κ3) is 5.44. The van der Waals surface area contributed by atoms with Gasteiger partial charge in [-0.15, -0.1) is 0 Å². The Hall–Kier alpha value is -3.15. The van der Waals surface area contributed by atoms with Gasteiger partial charge in [0, 0.05) is 25.6 Å². The highest BCUT2D eigenvalue weighted by Crippen LogP contribution is 2.27. The summed E-state index contributed by atoms with van der Waals surface area (Å²) in [6.07, 6.45) is 1.70. The molecule has 154 valence electrons. The lowest BCUT2D eigenvalue weighted by Crippen LogP contribution is -2.33. The van der Waals surface area contributed by atoms with Gasteiger partial charge in [-0.2, -0.15) is 0 Å². The van der Waals surface area contributed by atoms with E-state index in [0.29, 0.717) is 5.69 Å². The molecule has 6 heteroatoms. The van der Waals surface area contributed by atoms with Crippen LogP contribution in [0.3, 0.4) is 0 Å². The largest absolute Gasteiger partial charge is 0.465 e. The van der Waals surface area contributed by atoms with Crippen LogP contribution in [0.4, 0.5) is 11.4 Å². The number of para-hydroxylation sites is 2. The van der Waals surface area contributed by atoms with E-state index in [1.807, 2.05) is 32.0 Å². The molecular formula is C23H28N2O4. The maximum atomic E-state index is 12.5. The van der Waals surface area contributed by atoms with Gasteiger partial charge in [0.05, 0.1) is 18.4 Å². The molecule has 0 heterocycles. The average molecular weight is 396 g/mol. The minimum atomic E-state index is -0.518. The fraction of sp³-hybridized carbons (Fsp3) is 0.348. The van der Waals surface area contributed by atoms with Gasteiger partial charge in [-0.05, 0) is 36.1 Å². The van der Waals surface area contributed by atoms with Gasteiger partial charge in [-0.1, -0.05) is 44.2 Å². The minimum absolute atomic E-state index is 0.107. The molecule has 2 rings (SSSR count). The molecule has 0 fully saturated rings. The van der Waals surface area contributed by atoms with Gasteiger partial charge in [0.1, 0.15) is 0 Å². The molecule has 1 N–H and O–H groups in total. The van der Waals surface area contributed by atoms with Crippen LogP contribution in [0.2, 0.25) is 0 Å². The van der Waals surface area contributed by atoms with E-state index < -0.39 is 5.97 Å². The summed E-state index contributed by atoms with van der Waals surface area (Å²) in [4.78, 5) is 38.4. The van der Waals surface area contributed by atoms with Crippen molar-refractivity contribution in [1.29, 1.82) is 0 Å². The second-order valence-corrected chi connectivity index (χ2v) is 6.64. The Labute approximate surface area is 171 Å². The molecule has 0 radical (unpaired) electrons. The van der Waals surface area contributed by atoms with Crippen molar-refractivity contribution in [1.82, 2.24) is 0 Å². The number of ether oxygens (including phenoxy) is 1. The van der Waals surface area contributed by atoms with Crippen molar-refractivity contribution < 1.29 is 19.1 Å². The fourth-order valence-corrected chi connectivity index (χ4v) is 3.29. The number of aryl methyl sites for hydroxylation is 2. The quantitative estimate of drug-likeness (QED) is 0.685. The second kappa shape index (κ2) is 10.4. The van der Waals surface area contributed by atoms with E-state index in [2.05, 4.69) is 5.32 Å². The lowest BCUT2D eigenvalue weighted by Gasteiger charge is -2.26. The lowest BCUT2D eigenvalue weighted by molar-refractivity contribution is -0.117. The maximum Gasteiger partial charge on any atom is 0.339 e. The van der Waals surface area contributed by atoms with Crippen molar-refractivity contribution in [3.05, 3.63) is 59.2 Å². The van der Waals surface area contributed by atoms with E-state index in [1.165, 1.54) is 14.0 Å². The first kappa shape index (κ1) is 22.1. The monoisotopic (exact) mass is 396 g/mol. The highest BCUT2D eigenvalue weighted by molar-refractivity contribution is 6.01. The molecule has 0 saturated heterocycles. The number of carbonyl (C=O) groups is 3. The summed E-state index contributed by atoms with van der Waals surface area (Å²) in [6.45, 7) is 5.86. The number of hydrogen-bond acceptors (Lipinski definition) is 4. The summed E-state index contributed by atoms with van der Waals surface area (Å²) in [5.74, 6) is -0.904. The van der Waals surface area contributed by atoms with Crippen LogP contribution < -0.4 is 10.2 Å². The van der Waals surface area contributed by atoms with Crippen LogP contribution in [0, 0.1) is 0 Å². The maximum absolute atomic E-state index is 12.5. The zero-order valence-electron chi connectivity index (χ0n) is 17.5. The van der Waals surface area contributed by atoms with Crippen molar-refractivity contribution in [3.8, 4) is 0 Å². The Morgan fingerprint density at radius 1 is 0.966 bits per heavy atom. The van der Waals surface area contributed by atoms with Gasteiger partial charge < -0.3 is 15.0 Å². The number of benzene rings is 2. The number of methoxy groups -OCH3 is 1. The van der Waals surface area contributed by atoms with Gasteiger partial charge in [0.15, 0.2) is 0 Å². The highest BCUT2D eigenvalue weighted by Gasteiger charge is 2.20. The van der Waals surface area contributed by atoms with Crippen molar-refractivity contribution in [2.75, 3.05) is 23.9 Å². The summed E-state index contributed by atoms with van der Waals surface area (Å²) >= 11 is 0. The summed E-state index contributed by atoms with van der Waals surface area (Å²) in [6, 6.07) is 12.7. The molecule has 0 aliphatic carbocycles. The molecule has 2 amide bonds. The van der Waals surface area contributed by atoms with E-state index in [1.54, 1.807) is 29.2 Å². The van der Waals surface area contributed by atoms with Crippen molar-refractivity contribution in [2.24, 2.45) is 0 Å². The Bertz CT molecular complexity index is 870. The minimum Gasteiger partial charge on any atom is -0.465 e. The number of hydrogen-bond donors (Lipinski definition) is 1. The molecular weight excluding hydrogens is 368 g/mol. The van der Waals surface area contributed by atoms with Crippen molar-refractivity contribution in [2.45, 2.75) is 40.0 Å². The van der Waals surface area contributed by atoms with Crippen LogP contribution in [0.25, 0.3) is 0 Å². The van der Waals surface area contributed by atoms with E-state index in [4.69, 9.17) is 4.74 Å². The van der Waals surface area contributed by atoms with Gasteiger partial charge >= 0.3 is 5.97 Å². The molecule has 0 aromatic heterocycles. The summed E-state index contributed by atoms with van der Waals surface area (Å²) < 4.78 is 4.75. The predicted molar refractivity (Wildman–Crippen MR) is 114 cm³/mol. The third-order valence-corrected chi connectivity index (χ3v) is 4.78. The Morgan fingerprint density at radius 2 is 1.59 bits per heavy atom.